The number of aromatic nitrogens is 2. The van der Waals surface area contributed by atoms with Crippen LogP contribution >= 0.6 is 0 Å². The van der Waals surface area contributed by atoms with E-state index >= 15 is 0 Å². The Balaban J connectivity index is 1.63. The van der Waals surface area contributed by atoms with Crippen molar-refractivity contribution in [1.82, 2.24) is 9.97 Å². The SMILES string of the molecule is C=S1(=O)C=Cc2ccc(NC(=O)/C(C#N)=C/c3c[nH]c4ncccc34)cc21. The smallest absolute Gasteiger partial charge is 0.266 e. The Bertz CT molecular complexity index is 1290. The van der Waals surface area contributed by atoms with Gasteiger partial charge in [0.25, 0.3) is 5.91 Å². The maximum absolute atomic E-state index is 12.5. The monoisotopic (exact) mass is 374 g/mol. The first kappa shape index (κ1) is 16.8. The number of hydrogen-bond acceptors (Lipinski definition) is 4. The summed E-state index contributed by atoms with van der Waals surface area (Å²) in [6.45, 7) is 0. The highest BCUT2D eigenvalue weighted by Gasteiger charge is 2.17. The number of carbonyl (C=O) groups is 1. The van der Waals surface area contributed by atoms with E-state index in [0.29, 0.717) is 21.8 Å². The predicted molar refractivity (Wildman–Crippen MR) is 107 cm³/mol. The van der Waals surface area contributed by atoms with Gasteiger partial charge in [-0.2, -0.15) is 5.26 Å². The quantitative estimate of drug-likeness (QED) is 0.418. The lowest BCUT2D eigenvalue weighted by Gasteiger charge is -2.08. The Morgan fingerprint density at radius 1 is 1.37 bits per heavy atom. The Labute approximate surface area is 155 Å². The highest BCUT2D eigenvalue weighted by atomic mass is 32.2. The number of benzene rings is 1. The summed E-state index contributed by atoms with van der Waals surface area (Å²) in [5.41, 5.74) is 2.60. The lowest BCUT2D eigenvalue weighted by molar-refractivity contribution is -0.112. The number of carbonyl (C=O) groups excluding carboxylic acids is 1. The van der Waals surface area contributed by atoms with Crippen molar-refractivity contribution in [3.8, 4) is 6.07 Å². The van der Waals surface area contributed by atoms with Gasteiger partial charge in [0.05, 0.1) is 0 Å². The van der Waals surface area contributed by atoms with E-state index in [4.69, 9.17) is 0 Å². The van der Waals surface area contributed by atoms with Crippen LogP contribution in [0.3, 0.4) is 0 Å². The fourth-order valence-corrected chi connectivity index (χ4v) is 4.28. The molecule has 0 radical (unpaired) electrons. The maximum Gasteiger partial charge on any atom is 0.266 e. The molecule has 6 nitrogen and oxygen atoms in total. The molecule has 2 aromatic heterocycles. The van der Waals surface area contributed by atoms with Crippen LogP contribution in [0.2, 0.25) is 0 Å². The van der Waals surface area contributed by atoms with E-state index in [9.17, 15) is 14.3 Å². The van der Waals surface area contributed by atoms with Crippen molar-refractivity contribution >= 4 is 50.2 Å². The average molecular weight is 374 g/mol. The van der Waals surface area contributed by atoms with Crippen LogP contribution in [0.5, 0.6) is 0 Å². The summed E-state index contributed by atoms with van der Waals surface area (Å²) in [5.74, 6) is 3.17. The number of fused-ring (bicyclic) bond motifs is 2. The number of pyridine rings is 1. The zero-order chi connectivity index (χ0) is 19.0. The number of nitrogens with zero attached hydrogens (tertiary/aromatic N) is 2. The summed E-state index contributed by atoms with van der Waals surface area (Å²) in [4.78, 5) is 20.3. The third kappa shape index (κ3) is 3.03. The molecule has 3 aromatic rings. The number of anilines is 1. The number of hydrogen-bond donors (Lipinski definition) is 2. The number of nitrogens with one attached hydrogen (secondary N) is 2. The molecule has 0 fully saturated rings. The van der Waals surface area contributed by atoms with Crippen LogP contribution < -0.4 is 5.32 Å². The van der Waals surface area contributed by atoms with Gasteiger partial charge in [-0.3, -0.25) is 9.00 Å². The van der Waals surface area contributed by atoms with Gasteiger partial charge in [0.15, 0.2) is 0 Å². The van der Waals surface area contributed by atoms with E-state index in [2.05, 4.69) is 21.2 Å². The first-order chi connectivity index (χ1) is 13.0. The van der Waals surface area contributed by atoms with Gasteiger partial charge < -0.3 is 10.3 Å². The Morgan fingerprint density at radius 2 is 2.22 bits per heavy atom. The molecule has 0 bridgehead atoms. The molecule has 0 saturated heterocycles. The summed E-state index contributed by atoms with van der Waals surface area (Å²) in [6.07, 6.45) is 6.62. The fourth-order valence-electron chi connectivity index (χ4n) is 2.90. The number of H-pyrrole nitrogens is 1. The van der Waals surface area contributed by atoms with Gasteiger partial charge in [0, 0.05) is 43.4 Å². The second-order valence-electron chi connectivity index (χ2n) is 6.05. The molecule has 7 heteroatoms. The number of nitriles is 1. The Hall–Kier alpha value is -3.63. The molecular weight excluding hydrogens is 360 g/mol. The summed E-state index contributed by atoms with van der Waals surface area (Å²) in [5, 5.41) is 14.5. The topological polar surface area (TPSA) is 98.6 Å². The van der Waals surface area contributed by atoms with Gasteiger partial charge in [-0.25, -0.2) is 4.98 Å². The summed E-state index contributed by atoms with van der Waals surface area (Å²) >= 11 is 0. The molecule has 0 saturated carbocycles. The third-order valence-electron chi connectivity index (χ3n) is 4.26. The van der Waals surface area contributed by atoms with Crippen molar-refractivity contribution in [2.75, 3.05) is 5.32 Å². The standard InChI is InChI=1S/C20H14N4O2S/c1-27(26)8-6-13-4-5-16(10-18(13)27)24-20(25)14(11-21)9-15-12-23-19-17(15)3-2-7-22-19/h2-10,12H,1H2,(H,22,23)(H,24,25)/b14-9+. The minimum absolute atomic E-state index is 0.0475. The highest BCUT2D eigenvalue weighted by molar-refractivity contribution is 8.03. The molecule has 1 aromatic carbocycles. The van der Waals surface area contributed by atoms with Gasteiger partial charge >= 0.3 is 0 Å². The van der Waals surface area contributed by atoms with E-state index in [-0.39, 0.29) is 5.57 Å². The molecule has 4 rings (SSSR count). The van der Waals surface area contributed by atoms with Crippen LogP contribution in [0.25, 0.3) is 23.2 Å². The minimum Gasteiger partial charge on any atom is -0.346 e. The van der Waals surface area contributed by atoms with Crippen molar-refractivity contribution in [2.45, 2.75) is 4.90 Å². The molecule has 2 N–H and O–H groups in total. The Kier molecular flexibility index (Phi) is 3.90. The van der Waals surface area contributed by atoms with E-state index in [1.807, 2.05) is 12.1 Å². The first-order valence-electron chi connectivity index (χ1n) is 8.02. The average Bonchev–Trinajstić information content (AvgIpc) is 3.20. The van der Waals surface area contributed by atoms with E-state index in [0.717, 1.165) is 10.9 Å². The molecule has 3 heterocycles. The third-order valence-corrected chi connectivity index (χ3v) is 5.93. The molecule has 0 spiro atoms. The first-order valence-corrected chi connectivity index (χ1v) is 9.82. The molecule has 27 heavy (non-hydrogen) atoms. The fraction of sp³-hybridized carbons (Fsp3) is 0. The number of rotatable bonds is 3. The largest absolute Gasteiger partial charge is 0.346 e. The lowest BCUT2D eigenvalue weighted by atomic mass is 10.1. The van der Waals surface area contributed by atoms with E-state index in [1.54, 1.807) is 48.1 Å². The van der Waals surface area contributed by atoms with Crippen molar-refractivity contribution in [2.24, 2.45) is 0 Å². The van der Waals surface area contributed by atoms with Crippen LogP contribution in [0.4, 0.5) is 5.69 Å². The van der Waals surface area contributed by atoms with Gasteiger partial charge in [0.1, 0.15) is 17.3 Å². The minimum atomic E-state index is -2.48. The Morgan fingerprint density at radius 3 is 3.04 bits per heavy atom. The second kappa shape index (κ2) is 6.27. The van der Waals surface area contributed by atoms with Gasteiger partial charge in [0.2, 0.25) is 0 Å². The maximum atomic E-state index is 12.5. The van der Waals surface area contributed by atoms with Gasteiger partial charge in [-0.05, 0) is 53.3 Å². The van der Waals surface area contributed by atoms with Gasteiger partial charge in [-0.1, -0.05) is 6.07 Å². The van der Waals surface area contributed by atoms with Crippen molar-refractivity contribution in [1.29, 1.82) is 5.26 Å². The van der Waals surface area contributed by atoms with Crippen LogP contribution in [0.15, 0.2) is 58.6 Å². The summed E-state index contributed by atoms with van der Waals surface area (Å²) in [6, 6.07) is 10.7. The summed E-state index contributed by atoms with van der Waals surface area (Å²) < 4.78 is 12.4. The lowest BCUT2D eigenvalue weighted by Crippen LogP contribution is -2.13. The molecule has 132 valence electrons. The molecule has 1 atom stereocenters. The molecule has 1 aliphatic rings. The zero-order valence-corrected chi connectivity index (χ0v) is 14.9. The normalized spacial score (nSPS) is 18.3. The summed E-state index contributed by atoms with van der Waals surface area (Å²) in [7, 11) is -2.48. The predicted octanol–water partition coefficient (Wildman–Crippen LogP) is 3.17. The van der Waals surface area contributed by atoms with Gasteiger partial charge in [-0.15, -0.1) is 0 Å². The molecule has 1 amide bonds. The van der Waals surface area contributed by atoms with E-state index < -0.39 is 15.4 Å². The number of amides is 1. The van der Waals surface area contributed by atoms with Crippen LogP contribution in [-0.2, 0) is 14.3 Å². The number of aromatic amines is 1. The van der Waals surface area contributed by atoms with Crippen LogP contribution in [0, 0.1) is 11.3 Å². The second-order valence-corrected chi connectivity index (χ2v) is 8.21. The zero-order valence-electron chi connectivity index (χ0n) is 14.1. The van der Waals surface area contributed by atoms with Crippen LogP contribution in [0.1, 0.15) is 11.1 Å². The van der Waals surface area contributed by atoms with Crippen molar-refractivity contribution in [3.63, 3.8) is 0 Å². The van der Waals surface area contributed by atoms with E-state index in [1.165, 1.54) is 6.08 Å². The van der Waals surface area contributed by atoms with Crippen LogP contribution in [-0.4, -0.2) is 26.0 Å². The molecule has 1 aliphatic heterocycles. The van der Waals surface area contributed by atoms with Crippen molar-refractivity contribution < 1.29 is 9.00 Å². The molecular formula is C20H14N4O2S. The van der Waals surface area contributed by atoms with Crippen molar-refractivity contribution in [3.05, 3.63) is 64.8 Å². The highest BCUT2D eigenvalue weighted by Crippen LogP contribution is 2.29. The molecule has 1 unspecified atom stereocenters. The molecule has 0 aliphatic carbocycles.